The van der Waals surface area contributed by atoms with Crippen LogP contribution >= 0.6 is 0 Å². The average Bonchev–Trinajstić information content (AvgIpc) is 2.93. The van der Waals surface area contributed by atoms with Gasteiger partial charge in [0.15, 0.2) is 0 Å². The highest BCUT2D eigenvalue weighted by Crippen LogP contribution is 2.37. The fourth-order valence-electron chi connectivity index (χ4n) is 5.29. The molecule has 1 fully saturated rings. The Hall–Kier alpha value is -3.73. The summed E-state index contributed by atoms with van der Waals surface area (Å²) in [5, 5.41) is 10.3. The Morgan fingerprint density at radius 2 is 1.76 bits per heavy atom. The van der Waals surface area contributed by atoms with Crippen LogP contribution < -0.4 is 20.9 Å². The van der Waals surface area contributed by atoms with Crippen LogP contribution in [0.3, 0.4) is 0 Å². The number of hydrogen-bond acceptors (Lipinski definition) is 8. The molecule has 38 heavy (non-hydrogen) atoms. The first-order valence-electron chi connectivity index (χ1n) is 12.8. The predicted octanol–water partition coefficient (Wildman–Crippen LogP) is 3.93. The van der Waals surface area contributed by atoms with Gasteiger partial charge < -0.3 is 20.9 Å². The molecule has 0 saturated carbocycles. The van der Waals surface area contributed by atoms with E-state index in [0.29, 0.717) is 34.8 Å². The number of fused-ring (bicyclic) bond motifs is 2. The summed E-state index contributed by atoms with van der Waals surface area (Å²) in [5.74, 6) is 1.04. The van der Waals surface area contributed by atoms with Gasteiger partial charge in [-0.3, -0.25) is 0 Å². The number of hydrogen-bond donors (Lipinski definition) is 3. The molecule has 1 atom stereocenters. The molecule has 2 aromatic carbocycles. The minimum Gasteiger partial charge on any atom is -0.382 e. The molecule has 6 rings (SSSR count). The Morgan fingerprint density at radius 3 is 2.55 bits per heavy atom. The van der Waals surface area contributed by atoms with E-state index in [-0.39, 0.29) is 0 Å². The van der Waals surface area contributed by atoms with Crippen LogP contribution in [0.2, 0.25) is 0 Å². The lowest BCUT2D eigenvalue weighted by Gasteiger charge is -2.42. The van der Waals surface area contributed by atoms with Gasteiger partial charge in [-0.2, -0.15) is 9.29 Å². The van der Waals surface area contributed by atoms with E-state index < -0.39 is 16.2 Å². The first-order chi connectivity index (χ1) is 18.4. The maximum absolute atomic E-state index is 13.3. The molecular weight excluding hydrogens is 498 g/mol. The molecule has 3 N–H and O–H groups in total. The van der Waals surface area contributed by atoms with Gasteiger partial charge in [0.25, 0.3) is 0 Å². The lowest BCUT2D eigenvalue weighted by Crippen LogP contribution is -2.53. The van der Waals surface area contributed by atoms with Crippen LogP contribution in [0.1, 0.15) is 24.0 Å². The number of sulfonamides is 1. The topological polar surface area (TPSA) is 102 Å². The van der Waals surface area contributed by atoms with Gasteiger partial charge in [-0.25, -0.2) is 13.4 Å². The Bertz CT molecular complexity index is 1500. The molecule has 3 aliphatic rings. The third-order valence-electron chi connectivity index (χ3n) is 7.39. The molecule has 4 heterocycles. The molecule has 0 aliphatic carbocycles. The second-order valence-electron chi connectivity index (χ2n) is 9.85. The van der Waals surface area contributed by atoms with Crippen molar-refractivity contribution in [2.45, 2.75) is 36.4 Å². The van der Waals surface area contributed by atoms with Crippen LogP contribution in [0.5, 0.6) is 0 Å². The second-order valence-corrected chi connectivity index (χ2v) is 11.8. The Morgan fingerprint density at radius 1 is 1.03 bits per heavy atom. The summed E-state index contributed by atoms with van der Waals surface area (Å²) in [6.07, 6.45) is 7.76. The highest BCUT2D eigenvalue weighted by Gasteiger charge is 2.40. The van der Waals surface area contributed by atoms with E-state index in [9.17, 15) is 8.42 Å². The maximum atomic E-state index is 13.3. The third kappa shape index (κ3) is 4.55. The van der Waals surface area contributed by atoms with Crippen LogP contribution in [0.25, 0.3) is 6.08 Å². The van der Waals surface area contributed by atoms with Gasteiger partial charge in [0.05, 0.1) is 4.90 Å². The molecule has 10 heteroatoms. The second kappa shape index (κ2) is 9.86. The summed E-state index contributed by atoms with van der Waals surface area (Å²) in [5.41, 5.74) is 4.20. The normalized spacial score (nSPS) is 21.0. The maximum Gasteiger partial charge on any atom is 0.244 e. The minimum absolute atomic E-state index is 0.347. The van der Waals surface area contributed by atoms with E-state index in [1.54, 1.807) is 25.4 Å². The standard InChI is InChI=1S/C28H31N7O2S/c1-19-7-8-21-18-30-28(32-23-11-9-22(10-12-23)31-24-13-15-29-16-14-24)33-27(21)35(19)26-17-20-5-3-4-6-25(20)38(36,37)34(26)2/h3-12,18,24,26,29,31H,1,13-17H2,2H3,(H,30,32,33). The monoisotopic (exact) mass is 529 g/mol. The van der Waals surface area contributed by atoms with Gasteiger partial charge in [0.1, 0.15) is 12.0 Å². The van der Waals surface area contributed by atoms with Crippen LogP contribution in [0, 0.1) is 0 Å². The van der Waals surface area contributed by atoms with Gasteiger partial charge in [0, 0.05) is 48.3 Å². The van der Waals surface area contributed by atoms with Gasteiger partial charge >= 0.3 is 0 Å². The summed E-state index contributed by atoms with van der Waals surface area (Å²) in [6, 6.07) is 15.7. The molecule has 0 radical (unpaired) electrons. The zero-order chi connectivity index (χ0) is 26.3. The van der Waals surface area contributed by atoms with Gasteiger partial charge in [-0.15, -0.1) is 0 Å². The van der Waals surface area contributed by atoms with Crippen LogP contribution in [-0.2, 0) is 16.4 Å². The number of piperidine rings is 1. The van der Waals surface area contributed by atoms with E-state index in [2.05, 4.69) is 39.6 Å². The van der Waals surface area contributed by atoms with E-state index in [4.69, 9.17) is 4.98 Å². The zero-order valence-electron chi connectivity index (χ0n) is 21.3. The lowest BCUT2D eigenvalue weighted by atomic mass is 10.1. The molecule has 0 spiro atoms. The van der Waals surface area contributed by atoms with Gasteiger partial charge in [-0.1, -0.05) is 24.8 Å². The number of rotatable bonds is 5. The molecular formula is C28H31N7O2S. The van der Waals surface area contributed by atoms with Crippen LogP contribution in [0.4, 0.5) is 23.1 Å². The van der Waals surface area contributed by atoms with E-state index in [0.717, 1.165) is 48.4 Å². The van der Waals surface area contributed by atoms with E-state index >= 15 is 0 Å². The van der Waals surface area contributed by atoms with Crippen molar-refractivity contribution in [1.29, 1.82) is 0 Å². The number of aromatic nitrogens is 2. The van der Waals surface area contributed by atoms with Crippen molar-refractivity contribution in [3.05, 3.63) is 84.2 Å². The molecule has 1 saturated heterocycles. The van der Waals surface area contributed by atoms with Crippen LogP contribution in [0.15, 0.2) is 78.0 Å². The summed E-state index contributed by atoms with van der Waals surface area (Å²) in [4.78, 5) is 11.6. The van der Waals surface area contributed by atoms with Gasteiger partial charge in [0.2, 0.25) is 16.0 Å². The summed E-state index contributed by atoms with van der Waals surface area (Å²) >= 11 is 0. The zero-order valence-corrected chi connectivity index (χ0v) is 22.1. The smallest absolute Gasteiger partial charge is 0.244 e. The predicted molar refractivity (Wildman–Crippen MR) is 151 cm³/mol. The number of anilines is 4. The quantitative estimate of drug-likeness (QED) is 0.457. The Kier molecular flexibility index (Phi) is 6.38. The molecule has 1 unspecified atom stereocenters. The molecule has 3 aromatic rings. The van der Waals surface area contributed by atoms with Crippen molar-refractivity contribution in [3.63, 3.8) is 0 Å². The SMILES string of the molecule is C=C1C=Cc2cnc(Nc3ccc(NC4CCNCC4)cc3)nc2N1C1Cc2ccccc2S(=O)(=O)N1C. The molecule has 9 nitrogen and oxygen atoms in total. The number of allylic oxidation sites excluding steroid dienone is 1. The average molecular weight is 530 g/mol. The van der Waals surface area contributed by atoms with Crippen LogP contribution in [-0.4, -0.2) is 55.0 Å². The summed E-state index contributed by atoms with van der Waals surface area (Å²) < 4.78 is 28.1. The summed E-state index contributed by atoms with van der Waals surface area (Å²) in [7, 11) is -2.05. The highest BCUT2D eigenvalue weighted by molar-refractivity contribution is 7.89. The fraction of sp³-hybridized carbons (Fsp3) is 0.286. The molecule has 0 amide bonds. The fourth-order valence-corrected chi connectivity index (χ4v) is 6.82. The highest BCUT2D eigenvalue weighted by atomic mass is 32.2. The molecule has 196 valence electrons. The van der Waals surface area contributed by atoms with Crippen molar-refractivity contribution in [1.82, 2.24) is 19.6 Å². The Labute approximate surface area is 223 Å². The number of nitrogens with zero attached hydrogens (tertiary/aromatic N) is 4. The van der Waals surface area contributed by atoms with Crippen molar-refractivity contribution in [2.24, 2.45) is 0 Å². The largest absolute Gasteiger partial charge is 0.382 e. The number of likely N-dealkylation sites (N-methyl/N-ethyl adjacent to an activating group) is 1. The van der Waals surface area contributed by atoms with Crippen molar-refractivity contribution in [2.75, 3.05) is 35.7 Å². The van der Waals surface area contributed by atoms with Crippen molar-refractivity contribution < 1.29 is 8.42 Å². The van der Waals surface area contributed by atoms with Gasteiger partial charge in [-0.05, 0) is 74.0 Å². The first-order valence-corrected chi connectivity index (χ1v) is 14.3. The minimum atomic E-state index is -3.66. The third-order valence-corrected chi connectivity index (χ3v) is 9.35. The lowest BCUT2D eigenvalue weighted by molar-refractivity contribution is 0.348. The number of nitrogens with one attached hydrogen (secondary N) is 3. The van der Waals surface area contributed by atoms with Crippen molar-refractivity contribution in [3.8, 4) is 0 Å². The first kappa shape index (κ1) is 24.6. The molecule has 0 bridgehead atoms. The van der Waals surface area contributed by atoms with Crippen molar-refractivity contribution >= 4 is 39.2 Å². The number of benzene rings is 2. The Balaban J connectivity index is 1.26. The summed E-state index contributed by atoms with van der Waals surface area (Å²) in [6.45, 7) is 6.29. The van der Waals surface area contributed by atoms with E-state index in [1.165, 1.54) is 4.31 Å². The molecule has 1 aromatic heterocycles. The molecule has 3 aliphatic heterocycles. The van der Waals surface area contributed by atoms with E-state index in [1.807, 2.05) is 41.3 Å².